The van der Waals surface area contributed by atoms with E-state index in [1.807, 2.05) is 4.90 Å². The van der Waals surface area contributed by atoms with Crippen LogP contribution in [0, 0.1) is 13.8 Å². The zero-order chi connectivity index (χ0) is 14.8. The summed E-state index contributed by atoms with van der Waals surface area (Å²) in [4.78, 5) is 16.4. The minimum absolute atomic E-state index is 0.0456. The molecule has 2 heterocycles. The lowest BCUT2D eigenvalue weighted by Crippen LogP contribution is -2.48. The summed E-state index contributed by atoms with van der Waals surface area (Å²) in [6.45, 7) is 6.98. The van der Waals surface area contributed by atoms with Gasteiger partial charge in [0.25, 0.3) is 5.91 Å². The van der Waals surface area contributed by atoms with Crippen LogP contribution >= 0.6 is 0 Å². The van der Waals surface area contributed by atoms with Gasteiger partial charge in [-0.3, -0.25) is 4.79 Å². The monoisotopic (exact) mass is 285 g/mol. The van der Waals surface area contributed by atoms with Crippen LogP contribution in [0.25, 0.3) is 0 Å². The Morgan fingerprint density at radius 2 is 1.90 bits per heavy atom. The fourth-order valence-corrected chi connectivity index (χ4v) is 2.62. The number of nitrogens with zero attached hydrogens (tertiary/aromatic N) is 3. The molecule has 5 nitrogen and oxygen atoms in total. The predicted molar refractivity (Wildman–Crippen MR) is 80.5 cm³/mol. The molecule has 0 aliphatic carbocycles. The van der Waals surface area contributed by atoms with E-state index in [0.717, 1.165) is 13.1 Å². The van der Waals surface area contributed by atoms with Gasteiger partial charge < -0.3 is 14.3 Å². The van der Waals surface area contributed by atoms with E-state index >= 15 is 0 Å². The second kappa shape index (κ2) is 5.60. The molecular weight excluding hydrogens is 266 g/mol. The highest BCUT2D eigenvalue weighted by atomic mass is 16.5. The Morgan fingerprint density at radius 3 is 2.52 bits per heavy atom. The van der Waals surface area contributed by atoms with E-state index in [-0.39, 0.29) is 5.91 Å². The van der Waals surface area contributed by atoms with Gasteiger partial charge >= 0.3 is 0 Å². The van der Waals surface area contributed by atoms with Crippen molar-refractivity contribution in [1.82, 2.24) is 10.1 Å². The van der Waals surface area contributed by atoms with Crippen LogP contribution < -0.4 is 4.90 Å². The average molecular weight is 285 g/mol. The van der Waals surface area contributed by atoms with E-state index in [9.17, 15) is 4.79 Å². The normalized spacial score (nSPS) is 15.3. The third-order valence-electron chi connectivity index (χ3n) is 3.78. The van der Waals surface area contributed by atoms with E-state index in [2.05, 4.69) is 41.2 Å². The van der Waals surface area contributed by atoms with Crippen molar-refractivity contribution in [2.75, 3.05) is 31.1 Å². The summed E-state index contributed by atoms with van der Waals surface area (Å²) in [5.74, 6) is 0.618. The third-order valence-corrected chi connectivity index (χ3v) is 3.78. The maximum Gasteiger partial charge on any atom is 0.276 e. The second-order valence-corrected chi connectivity index (χ2v) is 5.44. The van der Waals surface area contributed by atoms with E-state index in [4.69, 9.17) is 4.52 Å². The molecule has 0 unspecified atom stereocenters. The molecule has 0 radical (unpaired) electrons. The Labute approximate surface area is 124 Å². The van der Waals surface area contributed by atoms with Crippen molar-refractivity contribution >= 4 is 11.6 Å². The van der Waals surface area contributed by atoms with E-state index in [0.29, 0.717) is 24.5 Å². The van der Waals surface area contributed by atoms with E-state index in [1.54, 1.807) is 13.0 Å². The van der Waals surface area contributed by atoms with Gasteiger partial charge in [-0.25, -0.2) is 0 Å². The highest BCUT2D eigenvalue weighted by Crippen LogP contribution is 2.18. The fourth-order valence-electron chi connectivity index (χ4n) is 2.62. The molecule has 2 aromatic rings. The average Bonchev–Trinajstić information content (AvgIpc) is 2.93. The van der Waals surface area contributed by atoms with Crippen LogP contribution in [0.3, 0.4) is 0 Å². The number of carbonyl (C=O) groups is 1. The highest BCUT2D eigenvalue weighted by molar-refractivity contribution is 5.92. The van der Waals surface area contributed by atoms with Gasteiger partial charge in [-0.1, -0.05) is 17.3 Å². The van der Waals surface area contributed by atoms with E-state index < -0.39 is 0 Å². The Kier molecular flexibility index (Phi) is 3.64. The van der Waals surface area contributed by atoms with Crippen LogP contribution in [-0.2, 0) is 0 Å². The Bertz CT molecular complexity index is 642. The summed E-state index contributed by atoms with van der Waals surface area (Å²) in [5.41, 5.74) is 2.87. The van der Waals surface area contributed by atoms with Gasteiger partial charge in [0.05, 0.1) is 0 Å². The summed E-state index contributed by atoms with van der Waals surface area (Å²) in [6.07, 6.45) is 0. The smallest absolute Gasteiger partial charge is 0.276 e. The lowest BCUT2D eigenvalue weighted by molar-refractivity contribution is 0.0736. The molecule has 1 aliphatic heterocycles. The van der Waals surface area contributed by atoms with Crippen molar-refractivity contribution < 1.29 is 9.32 Å². The number of rotatable bonds is 2. The minimum atomic E-state index is -0.0456. The van der Waals surface area contributed by atoms with Crippen LogP contribution in [0.1, 0.15) is 21.8 Å². The second-order valence-electron chi connectivity index (χ2n) is 5.44. The molecule has 1 aromatic heterocycles. The number of amides is 1. The molecule has 1 aliphatic rings. The van der Waals surface area contributed by atoms with Gasteiger partial charge in [0.1, 0.15) is 5.76 Å². The van der Waals surface area contributed by atoms with Crippen LogP contribution in [0.4, 0.5) is 5.69 Å². The largest absolute Gasteiger partial charge is 0.368 e. The maximum atomic E-state index is 12.3. The minimum Gasteiger partial charge on any atom is -0.368 e. The lowest BCUT2D eigenvalue weighted by Gasteiger charge is -2.35. The molecule has 0 atom stereocenters. The molecule has 1 fully saturated rings. The maximum absolute atomic E-state index is 12.3. The third kappa shape index (κ3) is 2.91. The van der Waals surface area contributed by atoms with Gasteiger partial charge in [-0.2, -0.15) is 0 Å². The summed E-state index contributed by atoms with van der Waals surface area (Å²) < 4.78 is 4.97. The van der Waals surface area contributed by atoms with Gasteiger partial charge in [0.2, 0.25) is 0 Å². The van der Waals surface area contributed by atoms with Gasteiger partial charge in [-0.15, -0.1) is 0 Å². The number of piperazine rings is 1. The Balaban J connectivity index is 1.64. The molecular formula is C16H19N3O2. The van der Waals surface area contributed by atoms with Crippen LogP contribution in [-0.4, -0.2) is 42.1 Å². The first kappa shape index (κ1) is 13.7. The molecule has 0 bridgehead atoms. The molecule has 3 rings (SSSR count). The number of benzene rings is 1. The molecule has 1 saturated heterocycles. The zero-order valence-corrected chi connectivity index (χ0v) is 12.4. The van der Waals surface area contributed by atoms with Crippen molar-refractivity contribution in [2.45, 2.75) is 13.8 Å². The summed E-state index contributed by atoms with van der Waals surface area (Å²) in [7, 11) is 0. The first-order valence-electron chi connectivity index (χ1n) is 7.18. The standard InChI is InChI=1S/C16H19N3O2/c1-12-4-3-5-14(10-12)18-6-8-19(9-7-18)16(20)15-11-13(2)21-17-15/h3-5,10-11H,6-9H2,1-2H3. The van der Waals surface area contributed by atoms with Crippen LogP contribution in [0.2, 0.25) is 0 Å². The number of carbonyl (C=O) groups excluding carboxylic acids is 1. The van der Waals surface area contributed by atoms with Crippen LogP contribution in [0.5, 0.6) is 0 Å². The topological polar surface area (TPSA) is 49.6 Å². The van der Waals surface area contributed by atoms with Crippen molar-refractivity contribution in [3.63, 3.8) is 0 Å². The first-order valence-corrected chi connectivity index (χ1v) is 7.18. The van der Waals surface area contributed by atoms with Crippen molar-refractivity contribution in [2.24, 2.45) is 0 Å². The molecule has 5 heteroatoms. The van der Waals surface area contributed by atoms with Gasteiger partial charge in [0.15, 0.2) is 5.69 Å². The molecule has 1 aromatic carbocycles. The molecule has 110 valence electrons. The van der Waals surface area contributed by atoms with Gasteiger partial charge in [-0.05, 0) is 31.5 Å². The van der Waals surface area contributed by atoms with Crippen LogP contribution in [0.15, 0.2) is 34.9 Å². The molecule has 1 amide bonds. The van der Waals surface area contributed by atoms with E-state index in [1.165, 1.54) is 11.3 Å². The summed E-state index contributed by atoms with van der Waals surface area (Å²) >= 11 is 0. The number of anilines is 1. The quantitative estimate of drug-likeness (QED) is 0.849. The van der Waals surface area contributed by atoms with Gasteiger partial charge in [0, 0.05) is 37.9 Å². The zero-order valence-electron chi connectivity index (χ0n) is 12.4. The fraction of sp³-hybridized carbons (Fsp3) is 0.375. The number of hydrogen-bond acceptors (Lipinski definition) is 4. The predicted octanol–water partition coefficient (Wildman–Crippen LogP) is 2.25. The first-order chi connectivity index (χ1) is 10.1. The Morgan fingerprint density at radius 1 is 1.14 bits per heavy atom. The number of aromatic nitrogens is 1. The highest BCUT2D eigenvalue weighted by Gasteiger charge is 2.24. The number of aryl methyl sites for hydroxylation is 2. The number of hydrogen-bond donors (Lipinski definition) is 0. The Hall–Kier alpha value is -2.30. The molecule has 21 heavy (non-hydrogen) atoms. The summed E-state index contributed by atoms with van der Waals surface area (Å²) in [6, 6.07) is 10.1. The molecule has 0 spiro atoms. The van der Waals surface area contributed by atoms with Crippen molar-refractivity contribution in [3.8, 4) is 0 Å². The molecule has 0 N–H and O–H groups in total. The summed E-state index contributed by atoms with van der Waals surface area (Å²) in [5, 5.41) is 3.80. The SMILES string of the molecule is Cc1cccc(N2CCN(C(=O)c3cc(C)on3)CC2)c1. The lowest BCUT2D eigenvalue weighted by atomic mass is 10.2. The van der Waals surface area contributed by atoms with Crippen molar-refractivity contribution in [3.05, 3.63) is 47.3 Å². The van der Waals surface area contributed by atoms with Crippen molar-refractivity contribution in [1.29, 1.82) is 0 Å². The molecule has 0 saturated carbocycles.